The van der Waals surface area contributed by atoms with Gasteiger partial charge in [0, 0.05) is 11.8 Å². The van der Waals surface area contributed by atoms with Gasteiger partial charge >= 0.3 is 0 Å². The highest BCUT2D eigenvalue weighted by molar-refractivity contribution is 5.83. The first kappa shape index (κ1) is 12.4. The van der Waals surface area contributed by atoms with E-state index in [9.17, 15) is 0 Å². The Kier molecular flexibility index (Phi) is 4.13. The molecule has 0 aliphatic rings. The lowest BCUT2D eigenvalue weighted by molar-refractivity contribution is 0.414. The van der Waals surface area contributed by atoms with Crippen molar-refractivity contribution in [2.45, 2.75) is 13.0 Å². The number of rotatable bonds is 4. The Morgan fingerprint density at radius 1 is 1.00 bits per heavy atom. The van der Waals surface area contributed by atoms with Crippen molar-refractivity contribution in [1.29, 1.82) is 0 Å². The minimum atomic E-state index is 0.149. The van der Waals surface area contributed by atoms with Crippen LogP contribution in [0.4, 0.5) is 0 Å². The maximum Gasteiger partial charge on any atom is 0.127 e. The third-order valence-corrected chi connectivity index (χ3v) is 2.86. The molecule has 0 amide bonds. The monoisotopic (exact) mass is 239 g/mol. The Balaban J connectivity index is 2.16. The van der Waals surface area contributed by atoms with E-state index in [1.165, 1.54) is 5.56 Å². The fourth-order valence-corrected chi connectivity index (χ4v) is 1.78. The lowest BCUT2D eigenvalue weighted by Gasteiger charge is -2.07. The van der Waals surface area contributed by atoms with Crippen LogP contribution in [0.5, 0.6) is 5.75 Å². The van der Waals surface area contributed by atoms with Gasteiger partial charge in [0.1, 0.15) is 5.75 Å². The molecule has 0 saturated carbocycles. The van der Waals surface area contributed by atoms with Gasteiger partial charge < -0.3 is 4.74 Å². The summed E-state index contributed by atoms with van der Waals surface area (Å²) < 4.78 is 5.29. The smallest absolute Gasteiger partial charge is 0.127 e. The molecule has 2 aromatic carbocycles. The molecule has 0 saturated heterocycles. The first-order chi connectivity index (χ1) is 8.81. The zero-order valence-corrected chi connectivity index (χ0v) is 10.7. The van der Waals surface area contributed by atoms with Crippen LogP contribution in [0.2, 0.25) is 0 Å². The molecule has 2 aromatic rings. The summed E-state index contributed by atoms with van der Waals surface area (Å²) in [7, 11) is 1.67. The zero-order valence-electron chi connectivity index (χ0n) is 10.7. The minimum absolute atomic E-state index is 0.149. The molecule has 0 aliphatic carbocycles. The van der Waals surface area contributed by atoms with Gasteiger partial charge in [0.05, 0.1) is 13.2 Å². The zero-order chi connectivity index (χ0) is 12.8. The Morgan fingerprint density at radius 2 is 1.67 bits per heavy atom. The molecular weight excluding hydrogens is 222 g/mol. The summed E-state index contributed by atoms with van der Waals surface area (Å²) in [5.41, 5.74) is 2.21. The third kappa shape index (κ3) is 2.98. The van der Waals surface area contributed by atoms with E-state index in [1.54, 1.807) is 7.11 Å². The highest BCUT2D eigenvalue weighted by Crippen LogP contribution is 2.18. The van der Waals surface area contributed by atoms with Crippen LogP contribution in [0.1, 0.15) is 24.1 Å². The van der Waals surface area contributed by atoms with Crippen LogP contribution in [0.25, 0.3) is 0 Å². The maximum absolute atomic E-state index is 5.29. The number of aliphatic imine (C=N–C) groups is 1. The molecule has 0 bridgehead atoms. The molecule has 92 valence electrons. The normalized spacial score (nSPS) is 12.6. The second kappa shape index (κ2) is 6.01. The summed E-state index contributed by atoms with van der Waals surface area (Å²) in [6, 6.07) is 18.3. The van der Waals surface area contributed by atoms with Gasteiger partial charge in [-0.25, -0.2) is 0 Å². The lowest BCUT2D eigenvalue weighted by atomic mass is 10.1. The lowest BCUT2D eigenvalue weighted by Crippen LogP contribution is -1.93. The Morgan fingerprint density at radius 3 is 2.39 bits per heavy atom. The van der Waals surface area contributed by atoms with Crippen molar-refractivity contribution in [3.8, 4) is 5.75 Å². The molecule has 2 nitrogen and oxygen atoms in total. The second-order valence-electron chi connectivity index (χ2n) is 4.11. The highest BCUT2D eigenvalue weighted by Gasteiger charge is 2.02. The molecule has 0 fully saturated rings. The first-order valence-corrected chi connectivity index (χ1v) is 6.02. The van der Waals surface area contributed by atoms with Crippen LogP contribution in [0, 0.1) is 0 Å². The fourth-order valence-electron chi connectivity index (χ4n) is 1.78. The van der Waals surface area contributed by atoms with E-state index >= 15 is 0 Å². The standard InChI is InChI=1S/C16H17NO/c1-13(14-8-4-3-5-9-14)17-12-15-10-6-7-11-16(15)18-2/h3-13H,1-2H3/b17-12+/t13-/m1/s1. The van der Waals surface area contributed by atoms with E-state index in [0.717, 1.165) is 11.3 Å². The summed E-state index contributed by atoms with van der Waals surface area (Å²) in [5, 5.41) is 0. The molecule has 0 unspecified atom stereocenters. The summed E-state index contributed by atoms with van der Waals surface area (Å²) >= 11 is 0. The fraction of sp³-hybridized carbons (Fsp3) is 0.188. The number of ether oxygens (including phenoxy) is 1. The predicted molar refractivity (Wildman–Crippen MR) is 75.4 cm³/mol. The molecule has 0 aromatic heterocycles. The van der Waals surface area contributed by atoms with Crippen molar-refractivity contribution in [1.82, 2.24) is 0 Å². The van der Waals surface area contributed by atoms with Crippen molar-refractivity contribution < 1.29 is 4.74 Å². The minimum Gasteiger partial charge on any atom is -0.496 e. The van der Waals surface area contributed by atoms with Crippen molar-refractivity contribution >= 4 is 6.21 Å². The quantitative estimate of drug-likeness (QED) is 0.742. The summed E-state index contributed by atoms with van der Waals surface area (Å²) in [6.07, 6.45) is 1.87. The van der Waals surface area contributed by atoms with E-state index < -0.39 is 0 Å². The summed E-state index contributed by atoms with van der Waals surface area (Å²) in [6.45, 7) is 2.08. The molecular formula is C16H17NO. The molecule has 2 heteroatoms. The average Bonchev–Trinajstić information content (AvgIpc) is 2.46. The van der Waals surface area contributed by atoms with Gasteiger partial charge in [-0.15, -0.1) is 0 Å². The number of hydrogen-bond donors (Lipinski definition) is 0. The maximum atomic E-state index is 5.29. The molecule has 0 heterocycles. The van der Waals surface area contributed by atoms with Crippen molar-refractivity contribution in [3.63, 3.8) is 0 Å². The van der Waals surface area contributed by atoms with Gasteiger partial charge in [-0.3, -0.25) is 4.99 Å². The van der Waals surface area contributed by atoms with Crippen molar-refractivity contribution in [3.05, 3.63) is 65.7 Å². The topological polar surface area (TPSA) is 21.6 Å². The van der Waals surface area contributed by atoms with Gasteiger partial charge in [0.2, 0.25) is 0 Å². The van der Waals surface area contributed by atoms with Crippen molar-refractivity contribution in [2.75, 3.05) is 7.11 Å². The van der Waals surface area contributed by atoms with Crippen LogP contribution in [0.3, 0.4) is 0 Å². The van der Waals surface area contributed by atoms with Gasteiger partial charge in [0.25, 0.3) is 0 Å². The van der Waals surface area contributed by atoms with Crippen LogP contribution in [-0.4, -0.2) is 13.3 Å². The predicted octanol–water partition coefficient (Wildman–Crippen LogP) is 3.88. The largest absolute Gasteiger partial charge is 0.496 e. The van der Waals surface area contributed by atoms with Gasteiger partial charge in [-0.2, -0.15) is 0 Å². The number of benzene rings is 2. The number of hydrogen-bond acceptors (Lipinski definition) is 2. The van der Waals surface area contributed by atoms with Crippen LogP contribution in [-0.2, 0) is 0 Å². The van der Waals surface area contributed by atoms with E-state index in [2.05, 4.69) is 24.0 Å². The van der Waals surface area contributed by atoms with E-state index in [-0.39, 0.29) is 6.04 Å². The van der Waals surface area contributed by atoms with Crippen LogP contribution in [0.15, 0.2) is 59.6 Å². The van der Waals surface area contributed by atoms with Crippen LogP contribution < -0.4 is 4.74 Å². The molecule has 0 spiro atoms. The average molecular weight is 239 g/mol. The number of nitrogens with zero attached hydrogens (tertiary/aromatic N) is 1. The van der Waals surface area contributed by atoms with Gasteiger partial charge in [-0.1, -0.05) is 42.5 Å². The molecule has 18 heavy (non-hydrogen) atoms. The Bertz CT molecular complexity index is 520. The van der Waals surface area contributed by atoms with Gasteiger partial charge in [-0.05, 0) is 24.6 Å². The second-order valence-corrected chi connectivity index (χ2v) is 4.11. The summed E-state index contributed by atoms with van der Waals surface area (Å²) in [4.78, 5) is 4.57. The van der Waals surface area contributed by atoms with Crippen LogP contribution >= 0.6 is 0 Å². The molecule has 1 atom stereocenters. The molecule has 0 radical (unpaired) electrons. The van der Waals surface area contributed by atoms with E-state index in [4.69, 9.17) is 4.74 Å². The third-order valence-electron chi connectivity index (χ3n) is 2.86. The SMILES string of the molecule is COc1ccccc1/C=N/[C@H](C)c1ccccc1. The number of para-hydroxylation sites is 1. The van der Waals surface area contributed by atoms with E-state index in [1.807, 2.05) is 48.7 Å². The van der Waals surface area contributed by atoms with Gasteiger partial charge in [0.15, 0.2) is 0 Å². The van der Waals surface area contributed by atoms with E-state index in [0.29, 0.717) is 0 Å². The van der Waals surface area contributed by atoms with Crippen molar-refractivity contribution in [2.24, 2.45) is 4.99 Å². The highest BCUT2D eigenvalue weighted by atomic mass is 16.5. The number of methoxy groups -OCH3 is 1. The first-order valence-electron chi connectivity index (χ1n) is 6.02. The Labute approximate surface area is 108 Å². The summed E-state index contributed by atoms with van der Waals surface area (Å²) in [5.74, 6) is 0.849. The Hall–Kier alpha value is -2.09. The molecule has 2 rings (SSSR count). The molecule has 0 N–H and O–H groups in total. The molecule has 0 aliphatic heterocycles.